The highest BCUT2D eigenvalue weighted by molar-refractivity contribution is 8.73. The summed E-state index contributed by atoms with van der Waals surface area (Å²) < 4.78 is 0. The van der Waals surface area contributed by atoms with Crippen molar-refractivity contribution in [1.29, 1.82) is 0 Å². The molecule has 1 aliphatic heterocycles. The Bertz CT molecular complexity index is 125. The minimum atomic E-state index is 0.564. The van der Waals surface area contributed by atoms with E-state index in [9.17, 15) is 0 Å². The lowest BCUT2D eigenvalue weighted by Crippen LogP contribution is -2.43. The minimum absolute atomic E-state index is 0.564. The Morgan fingerprint density at radius 3 is 2.62 bits per heavy atom. The number of nitrogens with one attached hydrogen (secondary N) is 1. The summed E-state index contributed by atoms with van der Waals surface area (Å²) in [5.74, 6) is 1.33. The zero-order chi connectivity index (χ0) is 9.52. The molecule has 78 valence electrons. The third-order valence-corrected chi connectivity index (χ3v) is 4.99. The molecule has 0 radical (unpaired) electrons. The Hall–Kier alpha value is 0.620. The average Bonchev–Trinajstić information content (AvgIpc) is 2.14. The van der Waals surface area contributed by atoms with Gasteiger partial charge in [0.05, 0.1) is 20.7 Å². The molecule has 1 saturated heterocycles. The van der Waals surface area contributed by atoms with E-state index in [1.807, 2.05) is 0 Å². The Balaban J connectivity index is 1.92. The van der Waals surface area contributed by atoms with Crippen LogP contribution in [0.25, 0.3) is 0 Å². The summed E-state index contributed by atoms with van der Waals surface area (Å²) >= 11 is 0. The van der Waals surface area contributed by atoms with E-state index in [4.69, 9.17) is 0 Å². The molecule has 0 spiro atoms. The lowest BCUT2D eigenvalue weighted by Gasteiger charge is -2.26. The zero-order valence-corrected chi connectivity index (χ0v) is 10.3. The summed E-state index contributed by atoms with van der Waals surface area (Å²) in [4.78, 5) is 2.57. The van der Waals surface area contributed by atoms with E-state index in [2.05, 4.69) is 33.5 Å². The monoisotopic (exact) mass is 221 g/mol. The standard InChI is InChI=1S/C9H21N2S2/c1-13(2)12-9-3-6-11-7-4-10-5-8-11/h10H,3-9H2,1-2H3/q+1. The van der Waals surface area contributed by atoms with Crippen LogP contribution in [-0.4, -0.2) is 55.9 Å². The van der Waals surface area contributed by atoms with Crippen LogP contribution < -0.4 is 5.32 Å². The first-order valence-corrected chi connectivity index (χ1v) is 8.47. The van der Waals surface area contributed by atoms with Crippen LogP contribution in [0.2, 0.25) is 0 Å². The number of hydrogen-bond acceptors (Lipinski definition) is 3. The molecule has 1 aliphatic rings. The van der Waals surface area contributed by atoms with Gasteiger partial charge in [-0.15, -0.1) is 0 Å². The molecule has 0 bridgehead atoms. The van der Waals surface area contributed by atoms with Crippen molar-refractivity contribution in [2.24, 2.45) is 0 Å². The Kier molecular flexibility index (Phi) is 6.28. The van der Waals surface area contributed by atoms with Crippen molar-refractivity contribution in [3.63, 3.8) is 0 Å². The van der Waals surface area contributed by atoms with Crippen LogP contribution in [0.5, 0.6) is 0 Å². The summed E-state index contributed by atoms with van der Waals surface area (Å²) in [5, 5.41) is 3.38. The molecule has 0 saturated carbocycles. The quantitative estimate of drug-likeness (QED) is 0.420. The predicted octanol–water partition coefficient (Wildman–Crippen LogP) is 0.808. The molecule has 1 heterocycles. The second kappa shape index (κ2) is 6.98. The van der Waals surface area contributed by atoms with Crippen LogP contribution in [0, 0.1) is 0 Å². The molecule has 1 fully saturated rings. The second-order valence-corrected chi connectivity index (χ2v) is 8.34. The molecular weight excluding hydrogens is 200 g/mol. The number of nitrogens with zero attached hydrogens (tertiary/aromatic N) is 1. The number of rotatable bonds is 5. The van der Waals surface area contributed by atoms with Crippen molar-refractivity contribution in [3.05, 3.63) is 0 Å². The van der Waals surface area contributed by atoms with Gasteiger partial charge in [0.2, 0.25) is 0 Å². The molecule has 0 amide bonds. The summed E-state index contributed by atoms with van der Waals surface area (Å²) in [6, 6.07) is 0. The first-order valence-electron chi connectivity index (χ1n) is 4.93. The normalized spacial score (nSPS) is 19.6. The van der Waals surface area contributed by atoms with E-state index in [-0.39, 0.29) is 0 Å². The van der Waals surface area contributed by atoms with Gasteiger partial charge in [0.15, 0.2) is 0 Å². The third kappa shape index (κ3) is 5.83. The molecule has 13 heavy (non-hydrogen) atoms. The molecule has 0 aromatic rings. The van der Waals surface area contributed by atoms with Crippen LogP contribution in [-0.2, 0) is 9.93 Å². The van der Waals surface area contributed by atoms with Crippen molar-refractivity contribution in [1.82, 2.24) is 10.2 Å². The number of piperazine rings is 1. The van der Waals surface area contributed by atoms with Gasteiger partial charge < -0.3 is 10.2 Å². The van der Waals surface area contributed by atoms with E-state index in [0.717, 1.165) is 0 Å². The second-order valence-electron chi connectivity index (χ2n) is 3.51. The molecule has 4 heteroatoms. The highest BCUT2D eigenvalue weighted by Gasteiger charge is 2.09. The Labute approximate surface area is 88.6 Å². The predicted molar refractivity (Wildman–Crippen MR) is 65.6 cm³/mol. The summed E-state index contributed by atoms with van der Waals surface area (Å²) in [5.41, 5.74) is 0. The maximum atomic E-state index is 3.38. The van der Waals surface area contributed by atoms with Crippen LogP contribution in [0.3, 0.4) is 0 Å². The molecular formula is C9H21N2S2+. The molecule has 0 aliphatic carbocycles. The molecule has 0 unspecified atom stereocenters. The summed E-state index contributed by atoms with van der Waals surface area (Å²) in [6.07, 6.45) is 5.96. The maximum absolute atomic E-state index is 3.38. The van der Waals surface area contributed by atoms with Gasteiger partial charge in [-0.1, -0.05) is 0 Å². The van der Waals surface area contributed by atoms with Gasteiger partial charge in [-0.3, -0.25) is 0 Å². The topological polar surface area (TPSA) is 15.3 Å². The molecule has 1 N–H and O–H groups in total. The van der Waals surface area contributed by atoms with Gasteiger partial charge in [-0.05, 0) is 13.0 Å². The Morgan fingerprint density at radius 1 is 1.31 bits per heavy atom. The van der Waals surface area contributed by atoms with E-state index >= 15 is 0 Å². The lowest BCUT2D eigenvalue weighted by atomic mass is 10.3. The van der Waals surface area contributed by atoms with Crippen molar-refractivity contribution < 1.29 is 0 Å². The van der Waals surface area contributed by atoms with Gasteiger partial charge in [-0.25, -0.2) is 0 Å². The van der Waals surface area contributed by atoms with Crippen molar-refractivity contribution in [2.45, 2.75) is 6.42 Å². The van der Waals surface area contributed by atoms with Gasteiger partial charge in [0.25, 0.3) is 0 Å². The first-order chi connectivity index (χ1) is 6.29. The van der Waals surface area contributed by atoms with Crippen molar-refractivity contribution in [2.75, 3.05) is 51.0 Å². The van der Waals surface area contributed by atoms with E-state index in [1.165, 1.54) is 44.9 Å². The fraction of sp³-hybridized carbons (Fsp3) is 1.00. The van der Waals surface area contributed by atoms with E-state index in [0.29, 0.717) is 9.93 Å². The fourth-order valence-corrected chi connectivity index (χ4v) is 3.38. The SMILES string of the molecule is C[S+](C)SCCCN1CCNCC1. The van der Waals surface area contributed by atoms with Crippen molar-refractivity contribution >= 4 is 20.7 Å². The Morgan fingerprint density at radius 2 is 2.00 bits per heavy atom. The largest absolute Gasteiger partial charge is 0.314 e. The van der Waals surface area contributed by atoms with E-state index in [1.54, 1.807) is 0 Å². The molecule has 1 rings (SSSR count). The van der Waals surface area contributed by atoms with Crippen LogP contribution in [0.1, 0.15) is 6.42 Å². The number of hydrogen-bond donors (Lipinski definition) is 1. The van der Waals surface area contributed by atoms with Gasteiger partial charge in [-0.2, -0.15) is 0 Å². The van der Waals surface area contributed by atoms with Crippen molar-refractivity contribution in [3.8, 4) is 0 Å². The van der Waals surface area contributed by atoms with Gasteiger partial charge >= 0.3 is 0 Å². The van der Waals surface area contributed by atoms with Gasteiger partial charge in [0, 0.05) is 31.9 Å². The first kappa shape index (κ1) is 11.7. The van der Waals surface area contributed by atoms with Gasteiger partial charge in [0.1, 0.15) is 12.5 Å². The average molecular weight is 221 g/mol. The van der Waals surface area contributed by atoms with Crippen LogP contribution in [0.15, 0.2) is 0 Å². The highest BCUT2D eigenvalue weighted by Crippen LogP contribution is 2.11. The molecule has 0 atom stereocenters. The summed E-state index contributed by atoms with van der Waals surface area (Å²) in [7, 11) is 2.67. The fourth-order valence-electron chi connectivity index (χ4n) is 1.45. The lowest BCUT2D eigenvalue weighted by molar-refractivity contribution is 0.242. The van der Waals surface area contributed by atoms with Crippen LogP contribution >= 0.6 is 10.8 Å². The minimum Gasteiger partial charge on any atom is -0.314 e. The molecule has 0 aromatic carbocycles. The smallest absolute Gasteiger partial charge is 0.109 e. The maximum Gasteiger partial charge on any atom is 0.109 e. The zero-order valence-electron chi connectivity index (χ0n) is 8.71. The van der Waals surface area contributed by atoms with Crippen LogP contribution in [0.4, 0.5) is 0 Å². The van der Waals surface area contributed by atoms with E-state index < -0.39 is 0 Å². The third-order valence-electron chi connectivity index (χ3n) is 2.15. The molecule has 2 nitrogen and oxygen atoms in total. The summed E-state index contributed by atoms with van der Waals surface area (Å²) in [6.45, 7) is 6.15. The molecule has 0 aromatic heterocycles. The highest BCUT2D eigenvalue weighted by atomic mass is 33.1.